The Kier molecular flexibility index (Phi) is 5.14. The lowest BCUT2D eigenvalue weighted by Crippen LogP contribution is -2.01. The summed E-state index contributed by atoms with van der Waals surface area (Å²) < 4.78 is 5.32. The van der Waals surface area contributed by atoms with Gasteiger partial charge >= 0.3 is 5.97 Å². The fraction of sp³-hybridized carbons (Fsp3) is 0.176. The quantitative estimate of drug-likeness (QED) is 0.601. The van der Waals surface area contributed by atoms with Crippen molar-refractivity contribution in [2.45, 2.75) is 13.8 Å². The van der Waals surface area contributed by atoms with Crippen molar-refractivity contribution in [2.75, 3.05) is 7.11 Å². The molecule has 1 heterocycles. The molecule has 2 aromatic rings. The fourth-order valence-corrected chi connectivity index (χ4v) is 2.88. The molecule has 6 nitrogen and oxygen atoms in total. The lowest BCUT2D eigenvalue weighted by Gasteiger charge is -2.15. The molecule has 0 radical (unpaired) electrons. The Bertz CT molecular complexity index is 851. The zero-order valence-corrected chi connectivity index (χ0v) is 14.9. The number of carbonyl (C=O) groups excluding carboxylic acids is 1. The van der Waals surface area contributed by atoms with E-state index in [1.165, 1.54) is 19.3 Å². The van der Waals surface area contributed by atoms with Crippen molar-refractivity contribution in [3.63, 3.8) is 0 Å². The number of halogens is 1. The molecular formula is C17H15BrNO5-. The van der Waals surface area contributed by atoms with Gasteiger partial charge in [-0.2, -0.15) is 0 Å². The van der Waals surface area contributed by atoms with Crippen molar-refractivity contribution in [1.82, 2.24) is 4.98 Å². The monoisotopic (exact) mass is 392 g/mol. The predicted octanol–water partition coefficient (Wildman–Crippen LogP) is 3.07. The number of aromatic amines is 1. The first kappa shape index (κ1) is 17.8. The molecule has 1 aromatic heterocycles. The number of H-pyrrole nitrogens is 1. The van der Waals surface area contributed by atoms with Crippen molar-refractivity contribution in [1.29, 1.82) is 0 Å². The average Bonchev–Trinajstić information content (AvgIpc) is 2.83. The zero-order valence-electron chi connectivity index (χ0n) is 13.3. The highest BCUT2D eigenvalue weighted by Crippen LogP contribution is 2.33. The van der Waals surface area contributed by atoms with Gasteiger partial charge in [0, 0.05) is 15.7 Å². The van der Waals surface area contributed by atoms with E-state index in [0.717, 1.165) is 0 Å². The molecule has 0 spiro atoms. The van der Waals surface area contributed by atoms with Crippen LogP contribution in [-0.2, 0) is 0 Å². The molecule has 0 atom stereocenters. The third kappa shape index (κ3) is 3.35. The van der Waals surface area contributed by atoms with E-state index in [9.17, 15) is 14.7 Å². The summed E-state index contributed by atoms with van der Waals surface area (Å²) in [5, 5.41) is 20.8. The van der Waals surface area contributed by atoms with Gasteiger partial charge in [0.2, 0.25) is 0 Å². The van der Waals surface area contributed by atoms with Crippen LogP contribution in [0.25, 0.3) is 6.08 Å². The van der Waals surface area contributed by atoms with E-state index in [4.69, 9.17) is 9.84 Å². The lowest BCUT2D eigenvalue weighted by molar-refractivity contribution is -0.271. The number of ether oxygens (including phenoxy) is 1. The predicted molar refractivity (Wildman–Crippen MR) is 90.7 cm³/mol. The topological polar surface area (TPSA) is 102 Å². The van der Waals surface area contributed by atoms with Crippen LogP contribution in [0.5, 0.6) is 11.5 Å². The Balaban J connectivity index is 2.35. The SMILES string of the molecule is COc1cc(/C=C/C(=O)c2c(C)[nH]c(C(=O)O)c2C)cc(Br)c1[O-]. The van der Waals surface area contributed by atoms with Gasteiger partial charge in [0.05, 0.1) is 7.11 Å². The van der Waals surface area contributed by atoms with E-state index >= 15 is 0 Å². The molecule has 0 unspecified atom stereocenters. The first-order valence-electron chi connectivity index (χ1n) is 6.95. The van der Waals surface area contributed by atoms with Crippen LogP contribution >= 0.6 is 15.9 Å². The van der Waals surface area contributed by atoms with Crippen LogP contribution in [0.4, 0.5) is 0 Å². The highest BCUT2D eigenvalue weighted by atomic mass is 79.9. The van der Waals surface area contributed by atoms with E-state index in [0.29, 0.717) is 26.9 Å². The second kappa shape index (κ2) is 6.92. The van der Waals surface area contributed by atoms with Crippen molar-refractivity contribution >= 4 is 33.8 Å². The molecular weight excluding hydrogens is 378 g/mol. The maximum absolute atomic E-state index is 12.4. The van der Waals surface area contributed by atoms with Crippen molar-refractivity contribution in [3.05, 3.63) is 50.8 Å². The number of aromatic nitrogens is 1. The number of allylic oxidation sites excluding steroid dienone is 1. The summed E-state index contributed by atoms with van der Waals surface area (Å²) in [5.41, 5.74) is 1.83. The third-order valence-electron chi connectivity index (χ3n) is 3.58. The molecule has 0 aliphatic heterocycles. The first-order valence-corrected chi connectivity index (χ1v) is 7.75. The number of nitrogens with one attached hydrogen (secondary N) is 1. The summed E-state index contributed by atoms with van der Waals surface area (Å²) in [6, 6.07) is 3.10. The second-order valence-electron chi connectivity index (χ2n) is 5.16. The number of hydrogen-bond acceptors (Lipinski definition) is 4. The smallest absolute Gasteiger partial charge is 0.352 e. The summed E-state index contributed by atoms with van der Waals surface area (Å²) in [7, 11) is 1.39. The van der Waals surface area contributed by atoms with Crippen LogP contribution in [0.2, 0.25) is 0 Å². The number of aryl methyl sites for hydroxylation is 1. The van der Waals surface area contributed by atoms with Gasteiger partial charge in [-0.05, 0) is 43.2 Å². The molecule has 0 fully saturated rings. The summed E-state index contributed by atoms with van der Waals surface area (Å²) in [4.78, 5) is 26.2. The van der Waals surface area contributed by atoms with Crippen LogP contribution in [-0.4, -0.2) is 29.0 Å². The van der Waals surface area contributed by atoms with Crippen LogP contribution in [0, 0.1) is 13.8 Å². The minimum atomic E-state index is -1.11. The minimum Gasteiger partial charge on any atom is -0.869 e. The lowest BCUT2D eigenvalue weighted by atomic mass is 10.0. The summed E-state index contributed by atoms with van der Waals surface area (Å²) >= 11 is 3.15. The summed E-state index contributed by atoms with van der Waals surface area (Å²) in [6.07, 6.45) is 2.88. The van der Waals surface area contributed by atoms with E-state index in [1.54, 1.807) is 26.0 Å². The van der Waals surface area contributed by atoms with Gasteiger partial charge in [0.1, 0.15) is 11.4 Å². The molecule has 2 rings (SSSR count). The maximum Gasteiger partial charge on any atom is 0.352 e. The van der Waals surface area contributed by atoms with Crippen LogP contribution in [0.3, 0.4) is 0 Å². The Morgan fingerprint density at radius 3 is 2.54 bits per heavy atom. The highest BCUT2D eigenvalue weighted by Gasteiger charge is 2.19. The van der Waals surface area contributed by atoms with Crippen molar-refractivity contribution < 1.29 is 24.5 Å². The number of carboxylic acids is 1. The van der Waals surface area contributed by atoms with Gasteiger partial charge < -0.3 is 19.9 Å². The molecule has 0 saturated carbocycles. The molecule has 0 aliphatic rings. The van der Waals surface area contributed by atoms with Gasteiger partial charge in [0.25, 0.3) is 0 Å². The molecule has 0 aliphatic carbocycles. The second-order valence-corrected chi connectivity index (χ2v) is 6.02. The summed E-state index contributed by atoms with van der Waals surface area (Å²) in [5.74, 6) is -1.54. The molecule has 2 N–H and O–H groups in total. The molecule has 0 amide bonds. The zero-order chi connectivity index (χ0) is 18.0. The van der Waals surface area contributed by atoms with Crippen molar-refractivity contribution in [2.24, 2.45) is 0 Å². The largest absolute Gasteiger partial charge is 0.869 e. The van der Waals surface area contributed by atoms with Crippen molar-refractivity contribution in [3.8, 4) is 11.5 Å². The molecule has 0 saturated heterocycles. The van der Waals surface area contributed by atoms with Gasteiger partial charge in [-0.1, -0.05) is 27.8 Å². The average molecular weight is 393 g/mol. The number of rotatable bonds is 5. The standard InChI is InChI=1S/C17H16BrNO5/c1-8-14(9(2)19-15(8)17(22)23)12(20)5-4-10-6-11(18)16(21)13(7-10)24-3/h4-7,19,21H,1-3H3,(H,22,23)/p-1/b5-4+. The first-order chi connectivity index (χ1) is 11.3. The van der Waals surface area contributed by atoms with Gasteiger partial charge in [-0.15, -0.1) is 0 Å². The number of aromatic carboxylic acids is 1. The van der Waals surface area contributed by atoms with Gasteiger partial charge in [-0.3, -0.25) is 4.79 Å². The van der Waals surface area contributed by atoms with E-state index in [-0.39, 0.29) is 23.0 Å². The highest BCUT2D eigenvalue weighted by molar-refractivity contribution is 9.10. The normalized spacial score (nSPS) is 11.0. The van der Waals surface area contributed by atoms with Crippen LogP contribution in [0.1, 0.15) is 37.7 Å². The number of carboxylic acid groups (broad SMARTS) is 1. The van der Waals surface area contributed by atoms with Gasteiger partial charge in [0.15, 0.2) is 5.78 Å². The Labute approximate surface area is 146 Å². The fourth-order valence-electron chi connectivity index (χ4n) is 2.42. The number of benzene rings is 1. The molecule has 1 aromatic carbocycles. The Morgan fingerprint density at radius 2 is 2.00 bits per heavy atom. The van der Waals surface area contributed by atoms with Crippen LogP contribution in [0.15, 0.2) is 22.7 Å². The number of carbonyl (C=O) groups is 2. The third-order valence-corrected chi connectivity index (χ3v) is 4.17. The van der Waals surface area contributed by atoms with Gasteiger partial charge in [-0.25, -0.2) is 4.79 Å². The number of methoxy groups -OCH3 is 1. The Morgan fingerprint density at radius 1 is 1.33 bits per heavy atom. The van der Waals surface area contributed by atoms with E-state index in [1.807, 2.05) is 0 Å². The van der Waals surface area contributed by atoms with E-state index < -0.39 is 5.97 Å². The maximum atomic E-state index is 12.4. The minimum absolute atomic E-state index is 0.00405. The number of ketones is 1. The molecule has 7 heteroatoms. The van der Waals surface area contributed by atoms with E-state index in [2.05, 4.69) is 20.9 Å². The summed E-state index contributed by atoms with van der Waals surface area (Å²) in [6.45, 7) is 3.23. The van der Waals surface area contributed by atoms with Crippen LogP contribution < -0.4 is 9.84 Å². The molecule has 0 bridgehead atoms. The number of hydrogen-bond donors (Lipinski definition) is 2. The Hall–Kier alpha value is -2.54. The molecule has 126 valence electrons. The molecule has 24 heavy (non-hydrogen) atoms.